The maximum absolute atomic E-state index is 13.4. The Morgan fingerprint density at radius 1 is 1.33 bits per heavy atom. The van der Waals surface area contributed by atoms with Crippen molar-refractivity contribution in [3.8, 4) is 6.07 Å². The van der Waals surface area contributed by atoms with E-state index in [0.29, 0.717) is 6.07 Å². The molecule has 0 fully saturated rings. The fraction of sp³-hybridized carbons (Fsp3) is 0.364. The Hall–Kier alpha value is -1.47. The van der Waals surface area contributed by atoms with Gasteiger partial charge in [-0.25, -0.2) is 8.78 Å². The molecule has 0 aliphatic carbocycles. The van der Waals surface area contributed by atoms with Gasteiger partial charge in [0.2, 0.25) is 0 Å². The highest BCUT2D eigenvalue weighted by Crippen LogP contribution is 2.27. The number of halogens is 2. The Morgan fingerprint density at radius 3 is 2.40 bits per heavy atom. The molecule has 0 bridgehead atoms. The maximum Gasteiger partial charge on any atom is 0.143 e. The van der Waals surface area contributed by atoms with Gasteiger partial charge in [0.15, 0.2) is 0 Å². The van der Waals surface area contributed by atoms with Gasteiger partial charge in [-0.3, -0.25) is 0 Å². The summed E-state index contributed by atoms with van der Waals surface area (Å²) >= 11 is 0. The van der Waals surface area contributed by atoms with Crippen molar-refractivity contribution >= 4 is 0 Å². The molecular weight excluding hydrogens is 200 g/mol. The highest BCUT2D eigenvalue weighted by atomic mass is 19.1. The fourth-order valence-corrected chi connectivity index (χ4v) is 1.24. The molecule has 0 aliphatic heterocycles. The van der Waals surface area contributed by atoms with Crippen LogP contribution >= 0.6 is 0 Å². The van der Waals surface area contributed by atoms with E-state index in [1.165, 1.54) is 0 Å². The SMILES string of the molecule is CC(C)(CO)c1cc(C#N)c(F)cc1F. The fourth-order valence-electron chi connectivity index (χ4n) is 1.24. The van der Waals surface area contributed by atoms with Crippen molar-refractivity contribution in [2.24, 2.45) is 0 Å². The highest BCUT2D eigenvalue weighted by Gasteiger charge is 2.25. The molecule has 0 saturated heterocycles. The van der Waals surface area contributed by atoms with Crippen molar-refractivity contribution < 1.29 is 13.9 Å². The van der Waals surface area contributed by atoms with Crippen LogP contribution in [0.3, 0.4) is 0 Å². The van der Waals surface area contributed by atoms with E-state index in [4.69, 9.17) is 10.4 Å². The third-order valence-electron chi connectivity index (χ3n) is 2.30. The lowest BCUT2D eigenvalue weighted by Crippen LogP contribution is -2.24. The minimum atomic E-state index is -0.882. The lowest BCUT2D eigenvalue weighted by atomic mass is 9.84. The van der Waals surface area contributed by atoms with Crippen molar-refractivity contribution in [3.63, 3.8) is 0 Å². The van der Waals surface area contributed by atoms with Crippen molar-refractivity contribution in [3.05, 3.63) is 34.9 Å². The Morgan fingerprint density at radius 2 is 1.93 bits per heavy atom. The molecule has 2 nitrogen and oxygen atoms in total. The van der Waals surface area contributed by atoms with Crippen LogP contribution in [0.15, 0.2) is 12.1 Å². The number of hydrogen-bond donors (Lipinski definition) is 1. The quantitative estimate of drug-likeness (QED) is 0.814. The largest absolute Gasteiger partial charge is 0.395 e. The van der Waals surface area contributed by atoms with Crippen molar-refractivity contribution in [2.45, 2.75) is 19.3 Å². The van der Waals surface area contributed by atoms with Crippen molar-refractivity contribution in [2.75, 3.05) is 6.61 Å². The maximum atomic E-state index is 13.4. The van der Waals surface area contributed by atoms with Gasteiger partial charge in [-0.2, -0.15) is 5.26 Å². The summed E-state index contributed by atoms with van der Waals surface area (Å²) < 4.78 is 26.4. The summed E-state index contributed by atoms with van der Waals surface area (Å²) in [5, 5.41) is 17.7. The minimum Gasteiger partial charge on any atom is -0.395 e. The minimum absolute atomic E-state index is 0.142. The molecule has 0 amide bonds. The Balaban J connectivity index is 3.39. The number of hydrogen-bond acceptors (Lipinski definition) is 2. The van der Waals surface area contributed by atoms with Crippen LogP contribution in [0.25, 0.3) is 0 Å². The molecular formula is C11H11F2NO. The average Bonchev–Trinajstić information content (AvgIpc) is 2.17. The topological polar surface area (TPSA) is 44.0 Å². The summed E-state index contributed by atoms with van der Waals surface area (Å²) in [6.45, 7) is 2.95. The van der Waals surface area contributed by atoms with Gasteiger partial charge in [0.1, 0.15) is 17.7 Å². The van der Waals surface area contributed by atoms with Crippen LogP contribution in [0.2, 0.25) is 0 Å². The zero-order valence-corrected chi connectivity index (χ0v) is 8.51. The van der Waals surface area contributed by atoms with Gasteiger partial charge in [0, 0.05) is 11.5 Å². The first kappa shape index (κ1) is 11.6. The van der Waals surface area contributed by atoms with Crippen LogP contribution < -0.4 is 0 Å². The van der Waals surface area contributed by atoms with E-state index in [2.05, 4.69) is 0 Å². The van der Waals surface area contributed by atoms with Gasteiger partial charge >= 0.3 is 0 Å². The molecule has 0 unspecified atom stereocenters. The first-order chi connectivity index (χ1) is 6.92. The second-order valence-corrected chi connectivity index (χ2v) is 3.97. The Kier molecular flexibility index (Phi) is 3.06. The Labute approximate surface area is 86.8 Å². The zero-order valence-electron chi connectivity index (χ0n) is 8.51. The van der Waals surface area contributed by atoms with Crippen LogP contribution in [0.5, 0.6) is 0 Å². The summed E-state index contributed by atoms with van der Waals surface area (Å²) in [6, 6.07) is 3.45. The predicted molar refractivity (Wildman–Crippen MR) is 51.2 cm³/mol. The molecule has 1 N–H and O–H groups in total. The van der Waals surface area contributed by atoms with E-state index in [1.807, 2.05) is 0 Å². The molecule has 0 spiro atoms. The summed E-state index contributed by atoms with van der Waals surface area (Å²) in [5.74, 6) is -1.63. The number of aliphatic hydroxyl groups is 1. The number of rotatable bonds is 2. The van der Waals surface area contributed by atoms with Gasteiger partial charge in [-0.05, 0) is 11.6 Å². The van der Waals surface area contributed by atoms with Crippen LogP contribution in [-0.4, -0.2) is 11.7 Å². The van der Waals surface area contributed by atoms with Crippen LogP contribution in [-0.2, 0) is 5.41 Å². The van der Waals surface area contributed by atoms with Gasteiger partial charge < -0.3 is 5.11 Å². The van der Waals surface area contributed by atoms with E-state index in [0.717, 1.165) is 6.07 Å². The Bertz CT molecular complexity index is 421. The third kappa shape index (κ3) is 2.13. The first-order valence-corrected chi connectivity index (χ1v) is 4.43. The van der Waals surface area contributed by atoms with E-state index in [1.54, 1.807) is 19.9 Å². The van der Waals surface area contributed by atoms with E-state index < -0.39 is 17.0 Å². The number of aliphatic hydroxyl groups excluding tert-OH is 1. The molecule has 80 valence electrons. The molecule has 0 atom stereocenters. The predicted octanol–water partition coefficient (Wildman–Crippen LogP) is 2.11. The zero-order chi connectivity index (χ0) is 11.6. The lowest BCUT2D eigenvalue weighted by Gasteiger charge is -2.23. The molecule has 4 heteroatoms. The normalized spacial score (nSPS) is 11.2. The van der Waals surface area contributed by atoms with Gasteiger partial charge in [0.25, 0.3) is 0 Å². The third-order valence-corrected chi connectivity index (χ3v) is 2.30. The monoisotopic (exact) mass is 211 g/mol. The van der Waals surface area contributed by atoms with Crippen molar-refractivity contribution in [1.29, 1.82) is 5.26 Å². The highest BCUT2D eigenvalue weighted by molar-refractivity contribution is 5.38. The molecule has 0 heterocycles. The average molecular weight is 211 g/mol. The lowest BCUT2D eigenvalue weighted by molar-refractivity contribution is 0.214. The standard InChI is InChI=1S/C11H11F2NO/c1-11(2,6-15)8-3-7(5-14)9(12)4-10(8)13/h3-4,15H,6H2,1-2H3. The van der Waals surface area contributed by atoms with E-state index in [9.17, 15) is 8.78 Å². The summed E-state index contributed by atoms with van der Waals surface area (Å²) in [4.78, 5) is 0. The molecule has 1 aromatic rings. The van der Waals surface area contributed by atoms with E-state index in [-0.39, 0.29) is 17.7 Å². The summed E-state index contributed by atoms with van der Waals surface area (Å²) in [6.07, 6.45) is 0. The van der Waals surface area contributed by atoms with Crippen LogP contribution in [0.4, 0.5) is 8.78 Å². The van der Waals surface area contributed by atoms with Crippen molar-refractivity contribution in [1.82, 2.24) is 0 Å². The second kappa shape index (κ2) is 3.95. The van der Waals surface area contributed by atoms with Gasteiger partial charge in [0.05, 0.1) is 12.2 Å². The van der Waals surface area contributed by atoms with Crippen LogP contribution in [0.1, 0.15) is 25.0 Å². The van der Waals surface area contributed by atoms with Gasteiger partial charge in [-0.1, -0.05) is 13.8 Å². The second-order valence-electron chi connectivity index (χ2n) is 3.97. The number of nitrogens with zero attached hydrogens (tertiary/aromatic N) is 1. The first-order valence-electron chi connectivity index (χ1n) is 4.43. The van der Waals surface area contributed by atoms with Crippen LogP contribution in [0, 0.1) is 23.0 Å². The number of benzene rings is 1. The van der Waals surface area contributed by atoms with Gasteiger partial charge in [-0.15, -0.1) is 0 Å². The molecule has 0 aromatic heterocycles. The summed E-state index contributed by atoms with van der Waals surface area (Å²) in [5.41, 5.74) is -0.903. The summed E-state index contributed by atoms with van der Waals surface area (Å²) in [7, 11) is 0. The molecule has 0 saturated carbocycles. The van der Waals surface area contributed by atoms with E-state index >= 15 is 0 Å². The molecule has 1 rings (SSSR count). The molecule has 15 heavy (non-hydrogen) atoms. The number of nitriles is 1. The molecule has 0 radical (unpaired) electrons. The molecule has 0 aliphatic rings. The molecule has 1 aromatic carbocycles. The smallest absolute Gasteiger partial charge is 0.143 e.